The normalized spacial score (nSPS) is 13.4. The molecule has 114 valence electrons. The minimum Gasteiger partial charge on any atom is -0.339 e. The van der Waals surface area contributed by atoms with Gasteiger partial charge in [0.1, 0.15) is 0 Å². The van der Waals surface area contributed by atoms with E-state index >= 15 is 0 Å². The largest absolute Gasteiger partial charge is 0.339 e. The van der Waals surface area contributed by atoms with Gasteiger partial charge in [-0.2, -0.15) is 4.98 Å². The molecule has 4 nitrogen and oxygen atoms in total. The minimum absolute atomic E-state index is 0.0265. The fourth-order valence-electron chi connectivity index (χ4n) is 2.34. The summed E-state index contributed by atoms with van der Waals surface area (Å²) < 4.78 is 5.28. The molecule has 21 heavy (non-hydrogen) atoms. The molecule has 0 radical (unpaired) electrons. The van der Waals surface area contributed by atoms with Crippen molar-refractivity contribution in [3.63, 3.8) is 0 Å². The highest BCUT2D eigenvalue weighted by Crippen LogP contribution is 2.22. The number of benzene rings is 1. The van der Waals surface area contributed by atoms with Gasteiger partial charge >= 0.3 is 0 Å². The van der Waals surface area contributed by atoms with Gasteiger partial charge in [0.2, 0.25) is 5.89 Å². The number of nitrogens with zero attached hydrogens (tertiary/aromatic N) is 2. The third kappa shape index (κ3) is 5.14. The summed E-state index contributed by atoms with van der Waals surface area (Å²) in [5, 5.41) is 4.72. The Labute approximate surface area is 130 Å². The lowest BCUT2D eigenvalue weighted by Crippen LogP contribution is -2.28. The molecule has 0 bridgehead atoms. The Morgan fingerprint density at radius 1 is 1.29 bits per heavy atom. The zero-order chi connectivity index (χ0) is 15.5. The highest BCUT2D eigenvalue weighted by molar-refractivity contribution is 6.31. The maximum Gasteiger partial charge on any atom is 0.228 e. The predicted octanol–water partition coefficient (Wildman–Crippen LogP) is 3.62. The van der Waals surface area contributed by atoms with Crippen molar-refractivity contribution in [1.82, 2.24) is 10.1 Å². The van der Waals surface area contributed by atoms with E-state index in [1.165, 1.54) is 0 Å². The quantitative estimate of drug-likeness (QED) is 0.916. The number of nitrogens with two attached hydrogens (primary N) is 1. The SMILES string of the molecule is CC(C)(C)CC(N)Cc1nc(Cc2ccccc2Cl)no1. The summed E-state index contributed by atoms with van der Waals surface area (Å²) >= 11 is 6.13. The van der Waals surface area contributed by atoms with Crippen molar-refractivity contribution in [2.24, 2.45) is 11.1 Å². The summed E-state index contributed by atoms with van der Waals surface area (Å²) in [5.41, 5.74) is 7.31. The zero-order valence-corrected chi connectivity index (χ0v) is 13.5. The van der Waals surface area contributed by atoms with E-state index < -0.39 is 0 Å². The fraction of sp³-hybridized carbons (Fsp3) is 0.500. The highest BCUT2D eigenvalue weighted by Gasteiger charge is 2.18. The van der Waals surface area contributed by atoms with Crippen LogP contribution in [0.2, 0.25) is 5.02 Å². The maximum atomic E-state index is 6.13. The molecule has 1 aromatic heterocycles. The van der Waals surface area contributed by atoms with E-state index in [0.717, 1.165) is 12.0 Å². The molecule has 0 aliphatic heterocycles. The Hall–Kier alpha value is -1.39. The molecule has 0 aliphatic carbocycles. The van der Waals surface area contributed by atoms with E-state index in [4.69, 9.17) is 21.9 Å². The van der Waals surface area contributed by atoms with Crippen LogP contribution in [-0.2, 0) is 12.8 Å². The molecule has 1 aromatic carbocycles. The molecule has 1 atom stereocenters. The molecule has 0 fully saturated rings. The van der Waals surface area contributed by atoms with Gasteiger partial charge in [0.15, 0.2) is 5.82 Å². The number of hydrogen-bond acceptors (Lipinski definition) is 4. The molecule has 2 aromatic rings. The molecule has 5 heteroatoms. The van der Waals surface area contributed by atoms with Gasteiger partial charge in [-0.1, -0.05) is 55.7 Å². The van der Waals surface area contributed by atoms with Gasteiger partial charge in [0.25, 0.3) is 0 Å². The zero-order valence-electron chi connectivity index (χ0n) is 12.8. The first-order chi connectivity index (χ1) is 9.83. The van der Waals surface area contributed by atoms with Crippen LogP contribution in [0.15, 0.2) is 28.8 Å². The average molecular weight is 308 g/mol. The van der Waals surface area contributed by atoms with Gasteiger partial charge in [0, 0.05) is 23.9 Å². The first-order valence-corrected chi connectivity index (χ1v) is 7.52. The van der Waals surface area contributed by atoms with Crippen molar-refractivity contribution in [3.05, 3.63) is 46.6 Å². The van der Waals surface area contributed by atoms with Crippen LogP contribution in [0.1, 0.15) is 44.5 Å². The third-order valence-corrected chi connectivity index (χ3v) is 3.50. The average Bonchev–Trinajstić information content (AvgIpc) is 2.77. The Kier molecular flexibility index (Phi) is 5.01. The lowest BCUT2D eigenvalue weighted by molar-refractivity contribution is 0.312. The van der Waals surface area contributed by atoms with Crippen LogP contribution in [0.5, 0.6) is 0 Å². The minimum atomic E-state index is 0.0265. The number of aromatic nitrogens is 2. The van der Waals surface area contributed by atoms with Crippen molar-refractivity contribution < 1.29 is 4.52 Å². The monoisotopic (exact) mass is 307 g/mol. The van der Waals surface area contributed by atoms with Crippen LogP contribution in [0, 0.1) is 5.41 Å². The molecule has 1 heterocycles. The van der Waals surface area contributed by atoms with Gasteiger partial charge in [-0.25, -0.2) is 0 Å². The molecule has 0 aliphatic rings. The van der Waals surface area contributed by atoms with E-state index in [9.17, 15) is 0 Å². The second kappa shape index (κ2) is 6.58. The Morgan fingerprint density at radius 3 is 2.67 bits per heavy atom. The summed E-state index contributed by atoms with van der Waals surface area (Å²) in [5.74, 6) is 1.23. The van der Waals surface area contributed by atoms with Crippen LogP contribution in [0.25, 0.3) is 0 Å². The molecule has 0 spiro atoms. The van der Waals surface area contributed by atoms with Gasteiger partial charge in [-0.15, -0.1) is 0 Å². The summed E-state index contributed by atoms with van der Waals surface area (Å²) in [6.45, 7) is 6.51. The van der Waals surface area contributed by atoms with Crippen LogP contribution < -0.4 is 5.73 Å². The Bertz CT molecular complexity index is 589. The van der Waals surface area contributed by atoms with Crippen LogP contribution in [0.3, 0.4) is 0 Å². The molecule has 0 amide bonds. The second-order valence-electron chi connectivity index (χ2n) is 6.60. The topological polar surface area (TPSA) is 64.9 Å². The van der Waals surface area contributed by atoms with E-state index in [-0.39, 0.29) is 11.5 Å². The fourth-order valence-corrected chi connectivity index (χ4v) is 2.54. The summed E-state index contributed by atoms with van der Waals surface area (Å²) in [4.78, 5) is 4.40. The Balaban J connectivity index is 1.97. The van der Waals surface area contributed by atoms with Crippen LogP contribution >= 0.6 is 11.6 Å². The molecular weight excluding hydrogens is 286 g/mol. The first kappa shape index (κ1) is 16.0. The summed E-state index contributed by atoms with van der Waals surface area (Å²) in [7, 11) is 0. The molecule has 2 rings (SSSR count). The number of rotatable bonds is 5. The standard InChI is InChI=1S/C16H22ClN3O/c1-16(2,3)10-12(18)9-15-19-14(20-21-15)8-11-6-4-5-7-13(11)17/h4-7,12H,8-10,18H2,1-3H3. The smallest absolute Gasteiger partial charge is 0.228 e. The molecule has 2 N–H and O–H groups in total. The maximum absolute atomic E-state index is 6.13. The molecule has 1 unspecified atom stereocenters. The first-order valence-electron chi connectivity index (χ1n) is 7.14. The Morgan fingerprint density at radius 2 is 2.00 bits per heavy atom. The van der Waals surface area contributed by atoms with E-state index in [1.54, 1.807) is 0 Å². The van der Waals surface area contributed by atoms with Crippen molar-refractivity contribution in [1.29, 1.82) is 0 Å². The van der Waals surface area contributed by atoms with E-state index in [1.807, 2.05) is 24.3 Å². The second-order valence-corrected chi connectivity index (χ2v) is 7.01. The lowest BCUT2D eigenvalue weighted by atomic mass is 9.87. The van der Waals surface area contributed by atoms with E-state index in [2.05, 4.69) is 30.9 Å². The highest BCUT2D eigenvalue weighted by atomic mass is 35.5. The van der Waals surface area contributed by atoms with Gasteiger partial charge in [0.05, 0.1) is 0 Å². The molecule has 0 saturated heterocycles. The van der Waals surface area contributed by atoms with Gasteiger partial charge in [-0.05, 0) is 23.5 Å². The predicted molar refractivity (Wildman–Crippen MR) is 84.3 cm³/mol. The van der Waals surface area contributed by atoms with Gasteiger partial charge in [-0.3, -0.25) is 0 Å². The van der Waals surface area contributed by atoms with Crippen molar-refractivity contribution in [2.75, 3.05) is 0 Å². The van der Waals surface area contributed by atoms with Crippen molar-refractivity contribution in [3.8, 4) is 0 Å². The van der Waals surface area contributed by atoms with Crippen LogP contribution in [0.4, 0.5) is 0 Å². The molecule has 0 saturated carbocycles. The third-order valence-electron chi connectivity index (χ3n) is 3.13. The molecular formula is C16H22ClN3O. The van der Waals surface area contributed by atoms with Crippen molar-refractivity contribution in [2.45, 2.75) is 46.1 Å². The van der Waals surface area contributed by atoms with E-state index in [0.29, 0.717) is 29.6 Å². The van der Waals surface area contributed by atoms with Crippen molar-refractivity contribution >= 4 is 11.6 Å². The summed E-state index contributed by atoms with van der Waals surface area (Å²) in [6.07, 6.45) is 2.08. The van der Waals surface area contributed by atoms with Crippen LogP contribution in [-0.4, -0.2) is 16.2 Å². The number of halogens is 1. The van der Waals surface area contributed by atoms with Gasteiger partial charge < -0.3 is 10.3 Å². The summed E-state index contributed by atoms with van der Waals surface area (Å²) in [6, 6.07) is 7.69. The number of hydrogen-bond donors (Lipinski definition) is 1. The lowest BCUT2D eigenvalue weighted by Gasteiger charge is -2.21.